The summed E-state index contributed by atoms with van der Waals surface area (Å²) >= 11 is 3.20. The Hall–Kier alpha value is -2.34. The lowest BCUT2D eigenvalue weighted by Crippen LogP contribution is -2.11. The third-order valence-electron chi connectivity index (χ3n) is 3.73. The van der Waals surface area contributed by atoms with E-state index in [9.17, 15) is 14.7 Å². The zero-order chi connectivity index (χ0) is 18.9. The molecule has 0 heterocycles. The Morgan fingerprint density at radius 3 is 2.42 bits per heavy atom. The van der Waals surface area contributed by atoms with Crippen molar-refractivity contribution in [3.05, 3.63) is 58.1 Å². The Kier molecular flexibility index (Phi) is 7.66. The van der Waals surface area contributed by atoms with Gasteiger partial charge in [-0.15, -0.1) is 0 Å². The summed E-state index contributed by atoms with van der Waals surface area (Å²) in [6.07, 6.45) is 4.51. The predicted molar refractivity (Wildman–Crippen MR) is 102 cm³/mol. The molecule has 138 valence electrons. The summed E-state index contributed by atoms with van der Waals surface area (Å²) in [7, 11) is 0. The molecule has 0 fully saturated rings. The highest BCUT2D eigenvalue weighted by Gasteiger charge is 2.16. The standard InChI is InChI=1S/C20H21BrO5/c1-2-3-4-5-12-25-16-9-6-14(7-10-16)20(24)26-18-11-8-15(21)13-17(18)19(22)23/h6-11,13H,2-5,12H2,1H3,(H,22,23). The first kappa shape index (κ1) is 20.0. The number of carboxylic acids is 1. The molecule has 0 aliphatic carbocycles. The number of rotatable bonds is 9. The van der Waals surface area contributed by atoms with E-state index in [1.54, 1.807) is 30.3 Å². The lowest BCUT2D eigenvalue weighted by Gasteiger charge is -2.09. The Morgan fingerprint density at radius 1 is 1.04 bits per heavy atom. The van der Waals surface area contributed by atoms with Gasteiger partial charge >= 0.3 is 11.9 Å². The highest BCUT2D eigenvalue weighted by atomic mass is 79.9. The van der Waals surface area contributed by atoms with E-state index in [1.165, 1.54) is 25.0 Å². The molecule has 0 radical (unpaired) electrons. The molecule has 0 aliphatic heterocycles. The monoisotopic (exact) mass is 420 g/mol. The van der Waals surface area contributed by atoms with E-state index in [0.29, 0.717) is 22.4 Å². The molecule has 1 N–H and O–H groups in total. The van der Waals surface area contributed by atoms with Gasteiger partial charge in [0, 0.05) is 4.47 Å². The number of unbranched alkanes of at least 4 members (excludes halogenated alkanes) is 3. The van der Waals surface area contributed by atoms with Gasteiger partial charge < -0.3 is 14.6 Å². The van der Waals surface area contributed by atoms with Crippen molar-refractivity contribution < 1.29 is 24.2 Å². The molecule has 0 aliphatic rings. The molecule has 5 nitrogen and oxygen atoms in total. The van der Waals surface area contributed by atoms with Crippen LogP contribution in [-0.4, -0.2) is 23.7 Å². The molecular weight excluding hydrogens is 400 g/mol. The zero-order valence-electron chi connectivity index (χ0n) is 14.5. The summed E-state index contributed by atoms with van der Waals surface area (Å²) < 4.78 is 11.5. The highest BCUT2D eigenvalue weighted by Crippen LogP contribution is 2.24. The van der Waals surface area contributed by atoms with E-state index < -0.39 is 11.9 Å². The van der Waals surface area contributed by atoms with Crippen LogP contribution in [0.2, 0.25) is 0 Å². The van der Waals surface area contributed by atoms with Gasteiger partial charge in [-0.25, -0.2) is 9.59 Å². The van der Waals surface area contributed by atoms with Gasteiger partial charge in [0.2, 0.25) is 0 Å². The molecule has 0 aromatic heterocycles. The van der Waals surface area contributed by atoms with Gasteiger partial charge in [0.05, 0.1) is 12.2 Å². The maximum absolute atomic E-state index is 12.2. The Labute approximate surface area is 161 Å². The van der Waals surface area contributed by atoms with Gasteiger partial charge in [-0.2, -0.15) is 0 Å². The van der Waals surface area contributed by atoms with E-state index in [-0.39, 0.29) is 11.3 Å². The van der Waals surface area contributed by atoms with Crippen LogP contribution in [0.3, 0.4) is 0 Å². The second-order valence-corrected chi connectivity index (χ2v) is 6.68. The zero-order valence-corrected chi connectivity index (χ0v) is 16.1. The normalized spacial score (nSPS) is 10.4. The molecule has 0 bridgehead atoms. The van der Waals surface area contributed by atoms with E-state index in [1.807, 2.05) is 0 Å². The first-order chi connectivity index (χ1) is 12.5. The molecule has 0 unspecified atom stereocenters. The molecule has 0 atom stereocenters. The summed E-state index contributed by atoms with van der Waals surface area (Å²) in [4.78, 5) is 23.5. The number of aromatic carboxylic acids is 1. The summed E-state index contributed by atoms with van der Waals surface area (Å²) in [6, 6.07) is 11.1. The highest BCUT2D eigenvalue weighted by molar-refractivity contribution is 9.10. The molecule has 0 saturated heterocycles. The maximum atomic E-state index is 12.2. The molecule has 2 aromatic rings. The summed E-state index contributed by atoms with van der Waals surface area (Å²) in [5, 5.41) is 9.22. The molecule has 2 aromatic carbocycles. The van der Waals surface area contributed by atoms with Gasteiger partial charge in [0.25, 0.3) is 0 Å². The predicted octanol–water partition coefficient (Wildman–Crippen LogP) is 5.33. The third-order valence-corrected chi connectivity index (χ3v) is 4.22. The molecule has 2 rings (SSSR count). The van der Waals surface area contributed by atoms with Crippen molar-refractivity contribution in [2.45, 2.75) is 32.6 Å². The lowest BCUT2D eigenvalue weighted by molar-refractivity contribution is 0.0681. The molecular formula is C20H21BrO5. The Bertz CT molecular complexity index is 755. The van der Waals surface area contributed by atoms with Crippen LogP contribution in [0.15, 0.2) is 46.9 Å². The minimum absolute atomic E-state index is 0.00181. The van der Waals surface area contributed by atoms with Crippen molar-refractivity contribution in [3.8, 4) is 11.5 Å². The van der Waals surface area contributed by atoms with Gasteiger partial charge in [-0.1, -0.05) is 42.1 Å². The van der Waals surface area contributed by atoms with E-state index in [2.05, 4.69) is 22.9 Å². The second kappa shape index (κ2) is 9.97. The number of esters is 1. The van der Waals surface area contributed by atoms with Gasteiger partial charge in [-0.3, -0.25) is 0 Å². The molecule has 0 saturated carbocycles. The molecule has 0 amide bonds. The van der Waals surface area contributed by atoms with E-state index >= 15 is 0 Å². The van der Waals surface area contributed by atoms with Gasteiger partial charge in [-0.05, 0) is 48.9 Å². The van der Waals surface area contributed by atoms with Crippen LogP contribution in [0.5, 0.6) is 11.5 Å². The van der Waals surface area contributed by atoms with Crippen LogP contribution in [0.4, 0.5) is 0 Å². The quantitative estimate of drug-likeness (QED) is 0.337. The number of hydrogen-bond acceptors (Lipinski definition) is 4. The SMILES string of the molecule is CCCCCCOc1ccc(C(=O)Oc2ccc(Br)cc2C(=O)O)cc1. The average Bonchev–Trinajstić information content (AvgIpc) is 2.63. The minimum atomic E-state index is -1.17. The summed E-state index contributed by atoms with van der Waals surface area (Å²) in [5.41, 5.74) is 0.238. The molecule has 6 heteroatoms. The summed E-state index contributed by atoms with van der Waals surface area (Å²) in [6.45, 7) is 2.80. The number of carboxylic acid groups (broad SMARTS) is 1. The van der Waals surface area contributed by atoms with Crippen molar-refractivity contribution >= 4 is 27.9 Å². The number of carbonyl (C=O) groups excluding carboxylic acids is 1. The fourth-order valence-electron chi connectivity index (χ4n) is 2.32. The maximum Gasteiger partial charge on any atom is 0.343 e. The number of halogens is 1. The van der Waals surface area contributed by atoms with Crippen molar-refractivity contribution in [2.75, 3.05) is 6.61 Å². The Morgan fingerprint density at radius 2 is 1.77 bits per heavy atom. The molecule has 26 heavy (non-hydrogen) atoms. The topological polar surface area (TPSA) is 72.8 Å². The first-order valence-corrected chi connectivity index (χ1v) is 9.28. The number of ether oxygens (including phenoxy) is 2. The Balaban J connectivity index is 1.97. The van der Waals surface area contributed by atoms with Crippen LogP contribution < -0.4 is 9.47 Å². The van der Waals surface area contributed by atoms with Crippen LogP contribution in [0.1, 0.15) is 53.3 Å². The van der Waals surface area contributed by atoms with Gasteiger partial charge in [0.1, 0.15) is 17.1 Å². The summed E-state index contributed by atoms with van der Waals surface area (Å²) in [5.74, 6) is -1.10. The van der Waals surface area contributed by atoms with Crippen molar-refractivity contribution in [3.63, 3.8) is 0 Å². The van der Waals surface area contributed by atoms with Crippen molar-refractivity contribution in [2.24, 2.45) is 0 Å². The van der Waals surface area contributed by atoms with Crippen LogP contribution in [0.25, 0.3) is 0 Å². The van der Waals surface area contributed by atoms with Crippen molar-refractivity contribution in [1.82, 2.24) is 0 Å². The molecule has 0 spiro atoms. The van der Waals surface area contributed by atoms with Crippen LogP contribution >= 0.6 is 15.9 Å². The van der Waals surface area contributed by atoms with E-state index in [4.69, 9.17) is 9.47 Å². The van der Waals surface area contributed by atoms with Crippen LogP contribution in [-0.2, 0) is 0 Å². The largest absolute Gasteiger partial charge is 0.494 e. The number of benzene rings is 2. The fourth-order valence-corrected chi connectivity index (χ4v) is 2.68. The fraction of sp³-hybridized carbons (Fsp3) is 0.300. The third kappa shape index (κ3) is 5.88. The van der Waals surface area contributed by atoms with Crippen LogP contribution in [0, 0.1) is 0 Å². The number of carbonyl (C=O) groups is 2. The van der Waals surface area contributed by atoms with Crippen molar-refractivity contribution in [1.29, 1.82) is 0 Å². The lowest BCUT2D eigenvalue weighted by atomic mass is 10.2. The average molecular weight is 421 g/mol. The smallest absolute Gasteiger partial charge is 0.343 e. The van der Waals surface area contributed by atoms with Gasteiger partial charge in [0.15, 0.2) is 0 Å². The van der Waals surface area contributed by atoms with E-state index in [0.717, 1.165) is 12.8 Å². The second-order valence-electron chi connectivity index (χ2n) is 5.77. The first-order valence-electron chi connectivity index (χ1n) is 8.49. The minimum Gasteiger partial charge on any atom is -0.494 e. The number of hydrogen-bond donors (Lipinski definition) is 1.